The van der Waals surface area contributed by atoms with Crippen molar-refractivity contribution in [1.82, 2.24) is 5.32 Å². The molecule has 1 aromatic heterocycles. The van der Waals surface area contributed by atoms with Gasteiger partial charge >= 0.3 is 0 Å². The van der Waals surface area contributed by atoms with E-state index in [4.69, 9.17) is 4.42 Å². The van der Waals surface area contributed by atoms with Gasteiger partial charge in [0.15, 0.2) is 0 Å². The molecule has 0 aliphatic heterocycles. The van der Waals surface area contributed by atoms with Crippen molar-refractivity contribution in [2.45, 2.75) is 38.6 Å². The first-order chi connectivity index (χ1) is 7.33. The van der Waals surface area contributed by atoms with Crippen LogP contribution in [0.1, 0.15) is 43.0 Å². The zero-order valence-corrected chi connectivity index (χ0v) is 9.55. The lowest BCUT2D eigenvalue weighted by atomic mass is 9.90. The van der Waals surface area contributed by atoms with Crippen LogP contribution in [-0.4, -0.2) is 7.05 Å². The van der Waals surface area contributed by atoms with E-state index < -0.39 is 0 Å². The monoisotopic (exact) mass is 205 g/mol. The Kier molecular flexibility index (Phi) is 3.27. The molecule has 15 heavy (non-hydrogen) atoms. The van der Waals surface area contributed by atoms with Gasteiger partial charge in [-0.2, -0.15) is 0 Å². The van der Waals surface area contributed by atoms with Crippen molar-refractivity contribution >= 4 is 0 Å². The lowest BCUT2D eigenvalue weighted by Gasteiger charge is -2.22. The molecule has 0 saturated heterocycles. The van der Waals surface area contributed by atoms with Gasteiger partial charge in [-0.05, 0) is 45.7 Å². The van der Waals surface area contributed by atoms with Crippen molar-refractivity contribution in [3.63, 3.8) is 0 Å². The maximum absolute atomic E-state index is 5.37. The van der Waals surface area contributed by atoms with Crippen LogP contribution < -0.4 is 5.32 Å². The van der Waals surface area contributed by atoms with E-state index >= 15 is 0 Å². The molecule has 0 amide bonds. The molecule has 0 aromatic carbocycles. The highest BCUT2D eigenvalue weighted by Crippen LogP contribution is 2.31. The highest BCUT2D eigenvalue weighted by atomic mass is 16.3. The number of furan rings is 1. The van der Waals surface area contributed by atoms with Gasteiger partial charge in [0, 0.05) is 5.56 Å². The molecule has 0 bridgehead atoms. The summed E-state index contributed by atoms with van der Waals surface area (Å²) in [6, 6.07) is 2.43. The Morgan fingerprint density at radius 1 is 1.40 bits per heavy atom. The van der Waals surface area contributed by atoms with E-state index in [1.807, 2.05) is 14.0 Å². The summed E-state index contributed by atoms with van der Waals surface area (Å²) in [4.78, 5) is 0. The molecule has 0 spiro atoms. The average Bonchev–Trinajstić information content (AvgIpc) is 2.68. The van der Waals surface area contributed by atoms with Crippen LogP contribution in [0.3, 0.4) is 0 Å². The Morgan fingerprint density at radius 2 is 2.27 bits per heavy atom. The number of nitrogens with one attached hydrogen (secondary N) is 1. The molecule has 1 aromatic rings. The molecule has 2 rings (SSSR count). The molecule has 1 unspecified atom stereocenters. The first-order valence-corrected chi connectivity index (χ1v) is 5.73. The van der Waals surface area contributed by atoms with Gasteiger partial charge in [-0.3, -0.25) is 0 Å². The highest BCUT2D eigenvalue weighted by molar-refractivity contribution is 5.30. The van der Waals surface area contributed by atoms with Crippen molar-refractivity contribution in [2.24, 2.45) is 0 Å². The van der Waals surface area contributed by atoms with Crippen LogP contribution in [0.5, 0.6) is 0 Å². The molecule has 0 radical (unpaired) electrons. The SMILES string of the molecule is CNC(C1=CCCCC1)c1ccoc1C. The minimum atomic E-state index is 0.351. The lowest BCUT2D eigenvalue weighted by molar-refractivity contribution is 0.517. The third-order valence-electron chi connectivity index (χ3n) is 3.20. The molecule has 0 fully saturated rings. The predicted octanol–water partition coefficient (Wildman–Crippen LogP) is 3.35. The second-order valence-corrected chi connectivity index (χ2v) is 4.18. The quantitative estimate of drug-likeness (QED) is 0.765. The minimum Gasteiger partial charge on any atom is -0.469 e. The Labute approximate surface area is 91.4 Å². The molecule has 2 nitrogen and oxygen atoms in total. The molecule has 2 heteroatoms. The second kappa shape index (κ2) is 4.67. The highest BCUT2D eigenvalue weighted by Gasteiger charge is 2.19. The number of rotatable bonds is 3. The van der Waals surface area contributed by atoms with Crippen LogP contribution >= 0.6 is 0 Å². The lowest BCUT2D eigenvalue weighted by Crippen LogP contribution is -2.20. The summed E-state index contributed by atoms with van der Waals surface area (Å²) in [7, 11) is 2.02. The smallest absolute Gasteiger partial charge is 0.105 e. The van der Waals surface area contributed by atoms with Gasteiger partial charge in [0.05, 0.1) is 12.3 Å². The summed E-state index contributed by atoms with van der Waals surface area (Å²) in [5.41, 5.74) is 2.80. The van der Waals surface area contributed by atoms with Gasteiger partial charge in [-0.25, -0.2) is 0 Å². The van der Waals surface area contributed by atoms with Crippen LogP contribution in [0.25, 0.3) is 0 Å². The number of hydrogen-bond acceptors (Lipinski definition) is 2. The Hall–Kier alpha value is -1.02. The molecule has 1 heterocycles. The minimum absolute atomic E-state index is 0.351. The van der Waals surface area contributed by atoms with Crippen molar-refractivity contribution in [3.8, 4) is 0 Å². The fraction of sp³-hybridized carbons (Fsp3) is 0.538. The molecule has 82 valence electrons. The predicted molar refractivity (Wildman–Crippen MR) is 61.8 cm³/mol. The zero-order chi connectivity index (χ0) is 10.7. The van der Waals surface area contributed by atoms with Crippen molar-refractivity contribution in [3.05, 3.63) is 35.3 Å². The van der Waals surface area contributed by atoms with Gasteiger partial charge in [0.25, 0.3) is 0 Å². The van der Waals surface area contributed by atoms with E-state index in [0.29, 0.717) is 6.04 Å². The summed E-state index contributed by atoms with van der Waals surface area (Å²) < 4.78 is 5.37. The second-order valence-electron chi connectivity index (χ2n) is 4.18. The maximum Gasteiger partial charge on any atom is 0.105 e. The van der Waals surface area contributed by atoms with Crippen molar-refractivity contribution in [1.29, 1.82) is 0 Å². The summed E-state index contributed by atoms with van der Waals surface area (Å²) in [6.07, 6.45) is 9.27. The average molecular weight is 205 g/mol. The first kappa shape index (κ1) is 10.5. The van der Waals surface area contributed by atoms with E-state index in [1.54, 1.807) is 6.26 Å². The third kappa shape index (κ3) is 2.15. The van der Waals surface area contributed by atoms with E-state index in [-0.39, 0.29) is 0 Å². The van der Waals surface area contributed by atoms with Gasteiger partial charge in [0.1, 0.15) is 5.76 Å². The van der Waals surface area contributed by atoms with Gasteiger partial charge in [-0.15, -0.1) is 0 Å². The normalized spacial score (nSPS) is 18.7. The van der Waals surface area contributed by atoms with Crippen LogP contribution in [-0.2, 0) is 0 Å². The Morgan fingerprint density at radius 3 is 2.80 bits per heavy atom. The maximum atomic E-state index is 5.37. The molecule has 1 aliphatic carbocycles. The third-order valence-corrected chi connectivity index (χ3v) is 3.20. The number of hydrogen-bond donors (Lipinski definition) is 1. The van der Waals surface area contributed by atoms with E-state index in [9.17, 15) is 0 Å². The summed E-state index contributed by atoms with van der Waals surface area (Å²) in [6.45, 7) is 2.03. The largest absolute Gasteiger partial charge is 0.469 e. The van der Waals surface area contributed by atoms with Crippen molar-refractivity contribution < 1.29 is 4.42 Å². The van der Waals surface area contributed by atoms with E-state index in [2.05, 4.69) is 17.5 Å². The number of aryl methyl sites for hydroxylation is 1. The zero-order valence-electron chi connectivity index (χ0n) is 9.55. The van der Waals surface area contributed by atoms with E-state index in [0.717, 1.165) is 5.76 Å². The number of likely N-dealkylation sites (N-methyl/N-ethyl adjacent to an activating group) is 1. The standard InChI is InChI=1S/C13H19NO/c1-10-12(8-9-15-10)13(14-2)11-6-4-3-5-7-11/h6,8-9,13-14H,3-5,7H2,1-2H3. The fourth-order valence-electron chi connectivity index (χ4n) is 2.36. The summed E-state index contributed by atoms with van der Waals surface area (Å²) in [5.74, 6) is 1.03. The Bertz CT molecular complexity index is 351. The van der Waals surface area contributed by atoms with Gasteiger partial charge in [-0.1, -0.05) is 11.6 Å². The Balaban J connectivity index is 2.24. The van der Waals surface area contributed by atoms with Gasteiger partial charge < -0.3 is 9.73 Å². The molecular weight excluding hydrogens is 186 g/mol. The number of allylic oxidation sites excluding steroid dienone is 1. The molecule has 1 atom stereocenters. The van der Waals surface area contributed by atoms with Crippen LogP contribution in [0.15, 0.2) is 28.4 Å². The van der Waals surface area contributed by atoms with E-state index in [1.165, 1.54) is 36.8 Å². The molecule has 0 saturated carbocycles. The molecular formula is C13H19NO. The fourth-order valence-corrected chi connectivity index (χ4v) is 2.36. The first-order valence-electron chi connectivity index (χ1n) is 5.73. The van der Waals surface area contributed by atoms with Crippen LogP contribution in [0.2, 0.25) is 0 Å². The van der Waals surface area contributed by atoms with Crippen molar-refractivity contribution in [2.75, 3.05) is 7.05 Å². The topological polar surface area (TPSA) is 25.2 Å². The molecule has 1 aliphatic rings. The van der Waals surface area contributed by atoms with Gasteiger partial charge in [0.2, 0.25) is 0 Å². The summed E-state index contributed by atoms with van der Waals surface area (Å²) in [5, 5.41) is 3.39. The van der Waals surface area contributed by atoms with Crippen LogP contribution in [0.4, 0.5) is 0 Å². The molecule has 1 N–H and O–H groups in total. The summed E-state index contributed by atoms with van der Waals surface area (Å²) >= 11 is 0. The van der Waals surface area contributed by atoms with Crippen LogP contribution in [0, 0.1) is 6.92 Å².